The topological polar surface area (TPSA) is 80.9 Å². The predicted molar refractivity (Wildman–Crippen MR) is 97.3 cm³/mol. The van der Waals surface area contributed by atoms with Crippen LogP contribution in [-0.4, -0.2) is 33.2 Å². The fourth-order valence-corrected chi connectivity index (χ4v) is 3.26. The number of alkyl halides is 3. The van der Waals surface area contributed by atoms with E-state index in [1.807, 2.05) is 30.2 Å². The standard InChI is InChI=1S/C17H17ClF3N7/c1-9-2-3-11(18)6-10(9)8-28-5-4-22-15-13(28)7-12(24-26-15)14-23-16(27-25-14)17(19,20)21/h2-3,6-7,22,24,26H,4-5,8H2,1H3,(H,23,25,27). The summed E-state index contributed by atoms with van der Waals surface area (Å²) in [5.74, 6) is -0.477. The zero-order valence-electron chi connectivity index (χ0n) is 14.8. The van der Waals surface area contributed by atoms with E-state index in [0.29, 0.717) is 17.3 Å². The third-order valence-electron chi connectivity index (χ3n) is 4.55. The van der Waals surface area contributed by atoms with Gasteiger partial charge in [0.05, 0.1) is 5.70 Å². The van der Waals surface area contributed by atoms with E-state index >= 15 is 0 Å². The molecule has 2 aliphatic heterocycles. The number of hydrogen-bond acceptors (Lipinski definition) is 6. The van der Waals surface area contributed by atoms with Crippen molar-refractivity contribution in [2.45, 2.75) is 19.6 Å². The molecule has 148 valence electrons. The normalized spacial score (nSPS) is 16.8. The molecule has 0 atom stereocenters. The maximum atomic E-state index is 12.8. The van der Waals surface area contributed by atoms with Gasteiger partial charge in [-0.05, 0) is 36.3 Å². The lowest BCUT2D eigenvalue weighted by Crippen LogP contribution is -2.48. The number of hydrazine groups is 1. The highest BCUT2D eigenvalue weighted by molar-refractivity contribution is 6.30. The average molecular weight is 412 g/mol. The number of aromatic amines is 1. The summed E-state index contributed by atoms with van der Waals surface area (Å²) < 4.78 is 38.4. The molecule has 1 aromatic carbocycles. The van der Waals surface area contributed by atoms with E-state index in [2.05, 4.69) is 31.2 Å². The molecule has 2 aromatic rings. The summed E-state index contributed by atoms with van der Waals surface area (Å²) in [6, 6.07) is 5.72. The molecule has 2 aliphatic rings. The Balaban J connectivity index is 1.63. The lowest BCUT2D eigenvalue weighted by Gasteiger charge is -2.36. The Hall–Kier alpha value is -2.88. The van der Waals surface area contributed by atoms with Crippen molar-refractivity contribution in [2.24, 2.45) is 0 Å². The number of hydrogen-bond donors (Lipinski definition) is 4. The molecule has 0 unspecified atom stereocenters. The van der Waals surface area contributed by atoms with Gasteiger partial charge in [-0.2, -0.15) is 18.3 Å². The van der Waals surface area contributed by atoms with Crippen molar-refractivity contribution < 1.29 is 13.2 Å². The first-order chi connectivity index (χ1) is 13.3. The molecule has 0 radical (unpaired) electrons. The molecule has 28 heavy (non-hydrogen) atoms. The number of nitrogens with one attached hydrogen (secondary N) is 4. The van der Waals surface area contributed by atoms with Crippen LogP contribution in [0.25, 0.3) is 5.70 Å². The number of benzene rings is 1. The Bertz CT molecular complexity index is 964. The highest BCUT2D eigenvalue weighted by Gasteiger charge is 2.36. The summed E-state index contributed by atoms with van der Waals surface area (Å²) in [5, 5.41) is 9.48. The van der Waals surface area contributed by atoms with Gasteiger partial charge >= 0.3 is 6.18 Å². The van der Waals surface area contributed by atoms with Gasteiger partial charge < -0.3 is 10.2 Å². The quantitative estimate of drug-likeness (QED) is 0.621. The summed E-state index contributed by atoms with van der Waals surface area (Å²) in [6.45, 7) is 4.06. The van der Waals surface area contributed by atoms with Crippen molar-refractivity contribution in [2.75, 3.05) is 13.1 Å². The van der Waals surface area contributed by atoms with Crippen molar-refractivity contribution in [3.05, 3.63) is 63.6 Å². The van der Waals surface area contributed by atoms with E-state index in [1.54, 1.807) is 6.08 Å². The van der Waals surface area contributed by atoms with E-state index in [9.17, 15) is 13.2 Å². The van der Waals surface area contributed by atoms with Crippen molar-refractivity contribution in [1.82, 2.24) is 36.2 Å². The van der Waals surface area contributed by atoms with Gasteiger partial charge in [-0.1, -0.05) is 17.7 Å². The summed E-state index contributed by atoms with van der Waals surface area (Å²) in [4.78, 5) is 5.66. The summed E-state index contributed by atoms with van der Waals surface area (Å²) >= 11 is 6.13. The highest BCUT2D eigenvalue weighted by Crippen LogP contribution is 2.28. The molecule has 0 bridgehead atoms. The molecule has 11 heteroatoms. The molecule has 4 rings (SSSR count). The van der Waals surface area contributed by atoms with Crippen LogP contribution in [0.1, 0.15) is 22.8 Å². The third kappa shape index (κ3) is 3.59. The number of H-pyrrole nitrogens is 1. The number of aryl methyl sites for hydroxylation is 1. The number of aromatic nitrogens is 3. The van der Waals surface area contributed by atoms with Crippen molar-refractivity contribution in [1.29, 1.82) is 0 Å². The second-order valence-corrected chi connectivity index (χ2v) is 6.93. The first-order valence-corrected chi connectivity index (χ1v) is 8.91. The monoisotopic (exact) mass is 411 g/mol. The molecule has 0 fully saturated rings. The van der Waals surface area contributed by atoms with E-state index in [0.717, 1.165) is 35.7 Å². The van der Waals surface area contributed by atoms with Gasteiger partial charge in [0.2, 0.25) is 5.82 Å². The van der Waals surface area contributed by atoms with Crippen LogP contribution < -0.4 is 16.2 Å². The smallest absolute Gasteiger partial charge is 0.367 e. The Morgan fingerprint density at radius 3 is 2.82 bits per heavy atom. The number of allylic oxidation sites excluding steroid dienone is 1. The Morgan fingerprint density at radius 2 is 2.07 bits per heavy atom. The third-order valence-corrected chi connectivity index (χ3v) is 4.79. The van der Waals surface area contributed by atoms with E-state index < -0.39 is 12.0 Å². The SMILES string of the molecule is Cc1ccc(Cl)cc1CN1CCNC2=C1C=C(c1n[nH]c(C(F)(F)F)n1)NN2. The van der Waals surface area contributed by atoms with Gasteiger partial charge in [-0.15, -0.1) is 0 Å². The minimum Gasteiger partial charge on any atom is -0.367 e. The van der Waals surface area contributed by atoms with E-state index in [-0.39, 0.29) is 5.82 Å². The maximum absolute atomic E-state index is 12.8. The van der Waals surface area contributed by atoms with Crippen molar-refractivity contribution in [3.8, 4) is 0 Å². The summed E-state index contributed by atoms with van der Waals surface area (Å²) in [7, 11) is 0. The largest absolute Gasteiger partial charge is 0.451 e. The second kappa shape index (κ2) is 6.93. The molecule has 4 N–H and O–H groups in total. The fourth-order valence-electron chi connectivity index (χ4n) is 3.07. The number of halogens is 4. The lowest BCUT2D eigenvalue weighted by molar-refractivity contribution is -0.144. The van der Waals surface area contributed by atoms with Crippen LogP contribution in [-0.2, 0) is 12.7 Å². The molecule has 0 saturated carbocycles. The van der Waals surface area contributed by atoms with E-state index in [4.69, 9.17) is 11.6 Å². The van der Waals surface area contributed by atoms with Crippen LogP contribution in [0, 0.1) is 6.92 Å². The highest BCUT2D eigenvalue weighted by atomic mass is 35.5. The van der Waals surface area contributed by atoms with Gasteiger partial charge in [0, 0.05) is 24.7 Å². The first-order valence-electron chi connectivity index (χ1n) is 8.53. The number of nitrogens with zero attached hydrogens (tertiary/aromatic N) is 3. The fraction of sp³-hybridized carbons (Fsp3) is 0.294. The maximum Gasteiger partial charge on any atom is 0.451 e. The van der Waals surface area contributed by atoms with Crippen LogP contribution in [0.5, 0.6) is 0 Å². The molecule has 0 spiro atoms. The molecule has 0 aliphatic carbocycles. The molecule has 0 saturated heterocycles. The molecule has 3 heterocycles. The minimum absolute atomic E-state index is 0.0733. The summed E-state index contributed by atoms with van der Waals surface area (Å²) in [6.07, 6.45) is -2.86. The first kappa shape index (κ1) is 18.5. The second-order valence-electron chi connectivity index (χ2n) is 6.49. The minimum atomic E-state index is -4.58. The van der Waals surface area contributed by atoms with E-state index in [1.165, 1.54) is 0 Å². The van der Waals surface area contributed by atoms with Crippen molar-refractivity contribution >= 4 is 17.3 Å². The van der Waals surface area contributed by atoms with Crippen molar-refractivity contribution in [3.63, 3.8) is 0 Å². The van der Waals surface area contributed by atoms with Gasteiger partial charge in [0.15, 0.2) is 5.82 Å². The molecule has 7 nitrogen and oxygen atoms in total. The molecular weight excluding hydrogens is 395 g/mol. The van der Waals surface area contributed by atoms with Crippen LogP contribution in [0.4, 0.5) is 13.2 Å². The average Bonchev–Trinajstić information content (AvgIpc) is 3.15. The molecular formula is C17H17ClF3N7. The zero-order valence-corrected chi connectivity index (χ0v) is 15.5. The molecule has 0 amide bonds. The van der Waals surface area contributed by atoms with Crippen LogP contribution in [0.15, 0.2) is 35.8 Å². The summed E-state index contributed by atoms with van der Waals surface area (Å²) in [5.41, 5.74) is 9.13. The van der Waals surface area contributed by atoms with Crippen LogP contribution in [0.3, 0.4) is 0 Å². The molecule has 1 aromatic heterocycles. The van der Waals surface area contributed by atoms with Gasteiger partial charge in [-0.25, -0.2) is 4.98 Å². The predicted octanol–water partition coefficient (Wildman–Crippen LogP) is 2.51. The Morgan fingerprint density at radius 1 is 1.25 bits per heavy atom. The Kier molecular flexibility index (Phi) is 4.58. The van der Waals surface area contributed by atoms with Crippen LogP contribution in [0.2, 0.25) is 5.02 Å². The lowest BCUT2D eigenvalue weighted by atomic mass is 10.1. The van der Waals surface area contributed by atoms with Gasteiger partial charge in [-0.3, -0.25) is 16.0 Å². The number of rotatable bonds is 3. The van der Waals surface area contributed by atoms with Crippen LogP contribution >= 0.6 is 11.6 Å². The van der Waals surface area contributed by atoms with Gasteiger partial charge in [0.1, 0.15) is 11.5 Å². The Labute approximate surface area is 163 Å². The zero-order chi connectivity index (χ0) is 19.9. The van der Waals surface area contributed by atoms with Gasteiger partial charge in [0.25, 0.3) is 0 Å².